The van der Waals surface area contributed by atoms with Crippen molar-refractivity contribution in [1.82, 2.24) is 9.71 Å². The summed E-state index contributed by atoms with van der Waals surface area (Å²) >= 11 is 1.32. The Balaban J connectivity index is 1.38. The summed E-state index contributed by atoms with van der Waals surface area (Å²) in [6.07, 6.45) is 3.80. The number of ketones is 1. The number of carbonyl (C=O) groups is 1. The van der Waals surface area contributed by atoms with E-state index in [4.69, 9.17) is 0 Å². The van der Waals surface area contributed by atoms with Gasteiger partial charge in [-0.3, -0.25) is 4.79 Å². The maximum Gasteiger partial charge on any atom is 0.243 e. The molecule has 0 aliphatic rings. The molecular weight excluding hydrogens is 437 g/mol. The summed E-state index contributed by atoms with van der Waals surface area (Å²) in [4.78, 5) is 17.1. The van der Waals surface area contributed by atoms with Crippen molar-refractivity contribution in [3.8, 4) is 0 Å². The smallest absolute Gasteiger partial charge is 0.243 e. The monoisotopic (exact) mass is 461 g/mol. The number of carbonyl (C=O) groups excluding carboxylic acids is 1. The van der Waals surface area contributed by atoms with E-state index in [1.54, 1.807) is 6.20 Å². The van der Waals surface area contributed by atoms with Gasteiger partial charge in [0, 0.05) is 18.7 Å². The molecule has 0 bridgehead atoms. The van der Waals surface area contributed by atoms with E-state index >= 15 is 0 Å². The van der Waals surface area contributed by atoms with Gasteiger partial charge in [0.25, 0.3) is 0 Å². The molecule has 2 aromatic carbocycles. The average Bonchev–Trinajstić information content (AvgIpc) is 3.22. The molecule has 0 unspecified atom stereocenters. The fourth-order valence-electron chi connectivity index (χ4n) is 2.99. The molecular formula is C22H24FN3O3S2. The molecule has 6 nitrogen and oxygen atoms in total. The predicted octanol–water partition coefficient (Wildman–Crippen LogP) is 4.38. The Labute approximate surface area is 185 Å². The van der Waals surface area contributed by atoms with Gasteiger partial charge < -0.3 is 5.32 Å². The number of benzene rings is 2. The fourth-order valence-corrected chi connectivity index (χ4v) is 4.94. The Bertz CT molecular complexity index is 1150. The fraction of sp³-hybridized carbons (Fsp3) is 0.273. The molecule has 0 aliphatic carbocycles. The molecule has 0 saturated heterocycles. The molecule has 1 aromatic heterocycles. The van der Waals surface area contributed by atoms with E-state index < -0.39 is 15.8 Å². The summed E-state index contributed by atoms with van der Waals surface area (Å²) in [6, 6.07) is 12.8. The van der Waals surface area contributed by atoms with E-state index in [9.17, 15) is 17.6 Å². The van der Waals surface area contributed by atoms with Gasteiger partial charge in [-0.05, 0) is 37.5 Å². The molecule has 164 valence electrons. The number of nitrogens with zero attached hydrogens (tertiary/aromatic N) is 1. The molecule has 0 radical (unpaired) electrons. The van der Waals surface area contributed by atoms with Crippen LogP contribution in [0, 0.1) is 12.7 Å². The van der Waals surface area contributed by atoms with Crippen LogP contribution in [-0.2, 0) is 10.0 Å². The maximum atomic E-state index is 13.6. The first kappa shape index (κ1) is 23.1. The lowest BCUT2D eigenvalue weighted by Gasteiger charge is -2.07. The second-order valence-corrected chi connectivity index (χ2v) is 9.76. The number of hydrogen-bond acceptors (Lipinski definition) is 6. The highest BCUT2D eigenvalue weighted by Gasteiger charge is 2.17. The molecule has 2 N–H and O–H groups in total. The molecule has 0 aliphatic heterocycles. The van der Waals surface area contributed by atoms with Gasteiger partial charge in [0.05, 0.1) is 11.1 Å². The van der Waals surface area contributed by atoms with E-state index in [1.807, 2.05) is 31.2 Å². The lowest BCUT2D eigenvalue weighted by Crippen LogP contribution is -2.25. The molecule has 0 atom stereocenters. The van der Waals surface area contributed by atoms with Crippen LogP contribution in [0.15, 0.2) is 59.6 Å². The molecule has 31 heavy (non-hydrogen) atoms. The van der Waals surface area contributed by atoms with Gasteiger partial charge in [0.2, 0.25) is 15.8 Å². The quantitative estimate of drug-likeness (QED) is 0.327. The SMILES string of the molecule is Cc1ccccc1C(=O)c1cnc(NCCCCCNS(=O)(=O)c2ccccc2F)s1. The summed E-state index contributed by atoms with van der Waals surface area (Å²) in [5.74, 6) is -0.797. The lowest BCUT2D eigenvalue weighted by atomic mass is 10.0. The van der Waals surface area contributed by atoms with Crippen LogP contribution in [-0.4, -0.2) is 32.3 Å². The Morgan fingerprint density at radius 2 is 1.74 bits per heavy atom. The molecule has 3 aromatic rings. The van der Waals surface area contributed by atoms with Gasteiger partial charge in [0.15, 0.2) is 5.13 Å². The number of nitrogens with one attached hydrogen (secondary N) is 2. The van der Waals surface area contributed by atoms with Crippen molar-refractivity contribution in [1.29, 1.82) is 0 Å². The van der Waals surface area contributed by atoms with Gasteiger partial charge in [-0.15, -0.1) is 0 Å². The van der Waals surface area contributed by atoms with Crippen molar-refractivity contribution in [3.63, 3.8) is 0 Å². The number of sulfonamides is 1. The van der Waals surface area contributed by atoms with Crippen LogP contribution in [0.3, 0.4) is 0 Å². The van der Waals surface area contributed by atoms with Crippen LogP contribution < -0.4 is 10.0 Å². The highest BCUT2D eigenvalue weighted by atomic mass is 32.2. The van der Waals surface area contributed by atoms with Crippen LogP contribution in [0.1, 0.15) is 40.1 Å². The third-order valence-electron chi connectivity index (χ3n) is 4.67. The van der Waals surface area contributed by atoms with Crippen LogP contribution in [0.2, 0.25) is 0 Å². The minimum absolute atomic E-state index is 0.0363. The molecule has 0 saturated carbocycles. The third-order valence-corrected chi connectivity index (χ3v) is 7.12. The first-order valence-electron chi connectivity index (χ1n) is 9.93. The van der Waals surface area contributed by atoms with Crippen molar-refractivity contribution < 1.29 is 17.6 Å². The Kier molecular flexibility index (Phi) is 7.89. The summed E-state index contributed by atoms with van der Waals surface area (Å²) in [7, 11) is -3.84. The highest BCUT2D eigenvalue weighted by Crippen LogP contribution is 2.22. The van der Waals surface area contributed by atoms with Gasteiger partial charge in [-0.2, -0.15) is 0 Å². The normalized spacial score (nSPS) is 11.4. The molecule has 3 rings (SSSR count). The second kappa shape index (κ2) is 10.6. The Hall–Kier alpha value is -2.62. The van der Waals surface area contributed by atoms with E-state index in [2.05, 4.69) is 15.0 Å². The second-order valence-electron chi connectivity index (χ2n) is 6.99. The zero-order valence-corrected chi connectivity index (χ0v) is 18.7. The summed E-state index contributed by atoms with van der Waals surface area (Å²) in [5.41, 5.74) is 1.61. The Morgan fingerprint density at radius 3 is 2.52 bits per heavy atom. The first-order chi connectivity index (χ1) is 14.9. The van der Waals surface area contributed by atoms with E-state index in [-0.39, 0.29) is 17.2 Å². The molecule has 1 heterocycles. The zero-order chi connectivity index (χ0) is 22.3. The van der Waals surface area contributed by atoms with Gasteiger partial charge >= 0.3 is 0 Å². The van der Waals surface area contributed by atoms with Gasteiger partial charge in [0.1, 0.15) is 10.7 Å². The molecule has 9 heteroatoms. The van der Waals surface area contributed by atoms with E-state index in [1.165, 1.54) is 29.5 Å². The number of rotatable bonds is 11. The minimum atomic E-state index is -3.84. The zero-order valence-electron chi connectivity index (χ0n) is 17.1. The summed E-state index contributed by atoms with van der Waals surface area (Å²) < 4.78 is 40.3. The van der Waals surface area contributed by atoms with Crippen molar-refractivity contribution in [2.45, 2.75) is 31.1 Å². The number of unbranched alkanes of at least 4 members (excludes halogenated alkanes) is 2. The van der Waals surface area contributed by atoms with E-state index in [0.717, 1.165) is 24.5 Å². The van der Waals surface area contributed by atoms with Crippen LogP contribution in [0.5, 0.6) is 0 Å². The predicted molar refractivity (Wildman–Crippen MR) is 121 cm³/mol. The van der Waals surface area contributed by atoms with Crippen molar-refractivity contribution in [3.05, 3.63) is 76.5 Å². The summed E-state index contributed by atoms with van der Waals surface area (Å²) in [6.45, 7) is 2.80. The maximum absolute atomic E-state index is 13.6. The number of halogens is 1. The molecule has 0 amide bonds. The summed E-state index contributed by atoms with van der Waals surface area (Å²) in [5, 5.41) is 3.87. The topological polar surface area (TPSA) is 88.2 Å². The van der Waals surface area contributed by atoms with E-state index in [0.29, 0.717) is 28.5 Å². The number of hydrogen-bond donors (Lipinski definition) is 2. The standard InChI is InChI=1S/C22H24FN3O3S2/c1-16-9-3-4-10-17(16)21(27)19-15-25-22(30-19)24-13-7-2-8-14-26-31(28,29)20-12-6-5-11-18(20)23/h3-6,9-12,15,26H,2,7-8,13-14H2,1H3,(H,24,25). The average molecular weight is 462 g/mol. The number of aryl methyl sites for hydroxylation is 1. The van der Waals surface area contributed by atoms with Crippen molar-refractivity contribution in [2.24, 2.45) is 0 Å². The van der Waals surface area contributed by atoms with Crippen LogP contribution >= 0.6 is 11.3 Å². The number of aromatic nitrogens is 1. The molecule has 0 spiro atoms. The van der Waals surface area contributed by atoms with Crippen LogP contribution in [0.4, 0.5) is 9.52 Å². The lowest BCUT2D eigenvalue weighted by molar-refractivity contribution is 0.104. The van der Waals surface area contributed by atoms with Crippen molar-refractivity contribution in [2.75, 3.05) is 18.4 Å². The molecule has 0 fully saturated rings. The van der Waals surface area contributed by atoms with Crippen molar-refractivity contribution >= 4 is 32.3 Å². The highest BCUT2D eigenvalue weighted by molar-refractivity contribution is 7.89. The Morgan fingerprint density at radius 1 is 1.03 bits per heavy atom. The van der Waals surface area contributed by atoms with Gasteiger partial charge in [-0.25, -0.2) is 22.5 Å². The largest absolute Gasteiger partial charge is 0.362 e. The minimum Gasteiger partial charge on any atom is -0.362 e. The third kappa shape index (κ3) is 6.19. The van der Waals surface area contributed by atoms with Crippen LogP contribution in [0.25, 0.3) is 0 Å². The first-order valence-corrected chi connectivity index (χ1v) is 12.2. The number of anilines is 1. The number of thiazole rings is 1. The van der Waals surface area contributed by atoms with Gasteiger partial charge in [-0.1, -0.05) is 54.2 Å².